The molecule has 0 amide bonds. The smallest absolute Gasteiger partial charge is 0.337 e. The summed E-state index contributed by atoms with van der Waals surface area (Å²) in [5.41, 5.74) is 1.58. The predicted octanol–water partition coefficient (Wildman–Crippen LogP) is 3.61. The lowest BCUT2D eigenvalue weighted by Crippen LogP contribution is -2.36. The van der Waals surface area contributed by atoms with Gasteiger partial charge in [0.25, 0.3) is 0 Å². The second-order valence-electron chi connectivity index (χ2n) is 7.47. The molecular formula is C22H25NO6S. The van der Waals surface area contributed by atoms with Crippen LogP contribution < -0.4 is 9.46 Å². The molecule has 0 aromatic heterocycles. The summed E-state index contributed by atoms with van der Waals surface area (Å²) in [7, 11) is -2.33. The van der Waals surface area contributed by atoms with Gasteiger partial charge in [0, 0.05) is 25.8 Å². The van der Waals surface area contributed by atoms with Crippen molar-refractivity contribution < 1.29 is 27.4 Å². The van der Waals surface area contributed by atoms with Crippen LogP contribution in [0, 0.1) is 6.92 Å². The average Bonchev–Trinajstić information content (AvgIpc) is 2.66. The molecule has 1 aliphatic rings. The van der Waals surface area contributed by atoms with Gasteiger partial charge in [-0.15, -0.1) is 0 Å². The van der Waals surface area contributed by atoms with Gasteiger partial charge in [-0.3, -0.25) is 0 Å². The Balaban J connectivity index is 1.98. The fraction of sp³-hybridized carbons (Fsp3) is 0.318. The largest absolute Gasteiger partial charge is 0.496 e. The lowest BCUT2D eigenvalue weighted by atomic mass is 10.0. The number of cyclic esters (lactones) is 1. The normalized spacial score (nSPS) is 16.8. The van der Waals surface area contributed by atoms with Gasteiger partial charge in [-0.1, -0.05) is 35.9 Å². The Bertz CT molecular complexity index is 1060. The standard InChI is InChI=1S/C22H25NO6S/c1-15-9-11-17(12-10-15)30(25,26)23-19(18-7-5-6-8-20(18)27-4)13-16-14-21(24)29-22(2,3)28-16/h5-12,14,19,23H,13H2,1-4H3. The minimum atomic E-state index is -3.85. The highest BCUT2D eigenvalue weighted by molar-refractivity contribution is 7.89. The minimum Gasteiger partial charge on any atom is -0.496 e. The topological polar surface area (TPSA) is 90.9 Å². The third-order valence-corrected chi connectivity index (χ3v) is 6.04. The molecule has 1 N–H and O–H groups in total. The molecule has 0 saturated heterocycles. The number of ether oxygens (including phenoxy) is 3. The average molecular weight is 432 g/mol. The van der Waals surface area contributed by atoms with E-state index in [0.717, 1.165) is 5.56 Å². The number of carbonyl (C=O) groups excluding carboxylic acids is 1. The number of rotatable bonds is 7. The maximum absolute atomic E-state index is 13.1. The highest BCUT2D eigenvalue weighted by Gasteiger charge is 2.33. The first-order chi connectivity index (χ1) is 14.1. The van der Waals surface area contributed by atoms with E-state index in [1.54, 1.807) is 62.4 Å². The number of nitrogens with one attached hydrogen (secondary N) is 1. The first kappa shape index (κ1) is 21.9. The molecule has 1 unspecified atom stereocenters. The second kappa shape index (κ2) is 8.49. The van der Waals surface area contributed by atoms with Crippen molar-refractivity contribution >= 4 is 16.0 Å². The number of hydrogen-bond donors (Lipinski definition) is 1. The molecule has 1 atom stereocenters. The Hall–Kier alpha value is -2.84. The number of benzene rings is 2. The molecular weight excluding hydrogens is 406 g/mol. The van der Waals surface area contributed by atoms with Gasteiger partial charge in [0.2, 0.25) is 15.8 Å². The predicted molar refractivity (Wildman–Crippen MR) is 111 cm³/mol. The summed E-state index contributed by atoms with van der Waals surface area (Å²) in [6, 6.07) is 12.9. The van der Waals surface area contributed by atoms with Gasteiger partial charge in [-0.25, -0.2) is 17.9 Å². The van der Waals surface area contributed by atoms with Crippen LogP contribution in [-0.2, 0) is 24.3 Å². The SMILES string of the molecule is COc1ccccc1C(CC1=CC(=O)OC(C)(C)O1)NS(=O)(=O)c1ccc(C)cc1. The lowest BCUT2D eigenvalue weighted by Gasteiger charge is -2.32. The second-order valence-corrected chi connectivity index (χ2v) is 9.18. The van der Waals surface area contributed by atoms with Gasteiger partial charge in [-0.2, -0.15) is 0 Å². The Morgan fingerprint density at radius 3 is 2.37 bits per heavy atom. The van der Waals surface area contributed by atoms with Crippen LogP contribution >= 0.6 is 0 Å². The molecule has 2 aromatic rings. The Kier molecular flexibility index (Phi) is 6.19. The number of methoxy groups -OCH3 is 1. The van der Waals surface area contributed by atoms with E-state index in [2.05, 4.69) is 4.72 Å². The fourth-order valence-electron chi connectivity index (χ4n) is 3.21. The molecule has 2 aromatic carbocycles. The number of para-hydroxylation sites is 1. The van der Waals surface area contributed by atoms with E-state index < -0.39 is 27.8 Å². The molecule has 8 heteroatoms. The summed E-state index contributed by atoms with van der Waals surface area (Å²) in [5.74, 6) is -0.838. The van der Waals surface area contributed by atoms with Crippen molar-refractivity contribution in [2.24, 2.45) is 0 Å². The molecule has 0 aliphatic carbocycles. The summed E-state index contributed by atoms with van der Waals surface area (Å²) in [5, 5.41) is 0. The number of sulfonamides is 1. The minimum absolute atomic E-state index is 0.101. The summed E-state index contributed by atoms with van der Waals surface area (Å²) >= 11 is 0. The van der Waals surface area contributed by atoms with Crippen molar-refractivity contribution in [3.05, 3.63) is 71.5 Å². The highest BCUT2D eigenvalue weighted by Crippen LogP contribution is 2.34. The van der Waals surface area contributed by atoms with Crippen LogP contribution in [0.5, 0.6) is 5.75 Å². The first-order valence-corrected chi connectivity index (χ1v) is 10.9. The Labute approximate surface area is 176 Å². The third-order valence-electron chi connectivity index (χ3n) is 4.55. The van der Waals surface area contributed by atoms with E-state index in [9.17, 15) is 13.2 Å². The summed E-state index contributed by atoms with van der Waals surface area (Å²) in [6.45, 7) is 5.12. The number of hydrogen-bond acceptors (Lipinski definition) is 6. The maximum Gasteiger partial charge on any atom is 0.337 e. The molecule has 0 bridgehead atoms. The van der Waals surface area contributed by atoms with Crippen LogP contribution in [0.4, 0.5) is 0 Å². The van der Waals surface area contributed by atoms with E-state index in [-0.39, 0.29) is 11.3 Å². The van der Waals surface area contributed by atoms with Gasteiger partial charge in [-0.05, 0) is 25.1 Å². The fourth-order valence-corrected chi connectivity index (χ4v) is 4.43. The molecule has 0 radical (unpaired) electrons. The van der Waals surface area contributed by atoms with Crippen LogP contribution in [0.25, 0.3) is 0 Å². The molecule has 0 spiro atoms. The first-order valence-electron chi connectivity index (χ1n) is 9.44. The van der Waals surface area contributed by atoms with Gasteiger partial charge in [0.1, 0.15) is 11.5 Å². The van der Waals surface area contributed by atoms with Crippen molar-refractivity contribution in [2.75, 3.05) is 7.11 Å². The molecule has 0 fully saturated rings. The monoisotopic (exact) mass is 431 g/mol. The van der Waals surface area contributed by atoms with Crippen molar-refractivity contribution in [3.8, 4) is 5.75 Å². The van der Waals surface area contributed by atoms with Crippen LogP contribution in [0.15, 0.2) is 65.3 Å². The summed E-state index contributed by atoms with van der Waals surface area (Å²) in [6.07, 6.45) is 1.33. The van der Waals surface area contributed by atoms with Crippen LogP contribution in [0.1, 0.15) is 37.4 Å². The van der Waals surface area contributed by atoms with Gasteiger partial charge < -0.3 is 14.2 Å². The van der Waals surface area contributed by atoms with Gasteiger partial charge in [0.15, 0.2) is 0 Å². The van der Waals surface area contributed by atoms with Crippen molar-refractivity contribution in [1.82, 2.24) is 4.72 Å². The van der Waals surface area contributed by atoms with E-state index in [4.69, 9.17) is 14.2 Å². The quantitative estimate of drug-likeness (QED) is 0.674. The number of esters is 1. The molecule has 0 saturated carbocycles. The van der Waals surface area contributed by atoms with E-state index in [1.165, 1.54) is 13.2 Å². The molecule has 7 nitrogen and oxygen atoms in total. The van der Waals surface area contributed by atoms with Crippen LogP contribution in [0.2, 0.25) is 0 Å². The number of aryl methyl sites for hydroxylation is 1. The van der Waals surface area contributed by atoms with Crippen LogP contribution in [-0.4, -0.2) is 27.3 Å². The molecule has 1 aliphatic heterocycles. The van der Waals surface area contributed by atoms with E-state index in [0.29, 0.717) is 17.1 Å². The summed E-state index contributed by atoms with van der Waals surface area (Å²) < 4.78 is 45.1. The van der Waals surface area contributed by atoms with Crippen LogP contribution in [0.3, 0.4) is 0 Å². The van der Waals surface area contributed by atoms with Gasteiger partial charge >= 0.3 is 5.97 Å². The maximum atomic E-state index is 13.1. The van der Waals surface area contributed by atoms with E-state index in [1.807, 2.05) is 6.92 Å². The highest BCUT2D eigenvalue weighted by atomic mass is 32.2. The third kappa shape index (κ3) is 5.20. The zero-order chi connectivity index (χ0) is 21.9. The van der Waals surface area contributed by atoms with Crippen molar-refractivity contribution in [1.29, 1.82) is 0 Å². The Morgan fingerprint density at radius 1 is 1.07 bits per heavy atom. The van der Waals surface area contributed by atoms with Crippen molar-refractivity contribution in [3.63, 3.8) is 0 Å². The lowest BCUT2D eigenvalue weighted by molar-refractivity contribution is -0.206. The molecule has 160 valence electrons. The Morgan fingerprint density at radius 2 is 1.73 bits per heavy atom. The van der Waals surface area contributed by atoms with E-state index >= 15 is 0 Å². The molecule has 3 rings (SSSR count). The number of carbonyl (C=O) groups is 1. The zero-order valence-electron chi connectivity index (χ0n) is 17.3. The van der Waals surface area contributed by atoms with Crippen molar-refractivity contribution in [2.45, 2.75) is 43.9 Å². The zero-order valence-corrected chi connectivity index (χ0v) is 18.2. The molecule has 1 heterocycles. The summed E-state index contributed by atoms with van der Waals surface area (Å²) in [4.78, 5) is 12.1. The van der Waals surface area contributed by atoms with Gasteiger partial charge in [0.05, 0.1) is 24.1 Å². The molecule has 30 heavy (non-hydrogen) atoms.